The number of ether oxygens (including phenoxy) is 2. The van der Waals surface area contributed by atoms with Gasteiger partial charge in [0.25, 0.3) is 5.24 Å². The van der Waals surface area contributed by atoms with Crippen molar-refractivity contribution in [2.45, 2.75) is 30.4 Å². The van der Waals surface area contributed by atoms with Gasteiger partial charge in [0.15, 0.2) is 0 Å². The molecule has 3 atom stereocenters. The molecule has 10 heteroatoms. The lowest BCUT2D eigenvalue weighted by Gasteiger charge is -2.38. The third-order valence-electron chi connectivity index (χ3n) is 6.37. The molecule has 8 nitrogen and oxygen atoms in total. The van der Waals surface area contributed by atoms with Gasteiger partial charge in [-0.2, -0.15) is 5.10 Å². The summed E-state index contributed by atoms with van der Waals surface area (Å²) in [7, 11) is 0. The Balaban J connectivity index is 1.23. The summed E-state index contributed by atoms with van der Waals surface area (Å²) in [5.41, 5.74) is 3.99. The summed E-state index contributed by atoms with van der Waals surface area (Å²) in [5.74, 6) is 0.0892. The highest BCUT2D eigenvalue weighted by molar-refractivity contribution is 9.10. The van der Waals surface area contributed by atoms with Gasteiger partial charge in [0.05, 0.1) is 18.2 Å². The molecule has 2 amide bonds. The van der Waals surface area contributed by atoms with E-state index in [4.69, 9.17) is 14.6 Å². The van der Waals surface area contributed by atoms with E-state index in [1.165, 1.54) is 0 Å². The van der Waals surface area contributed by atoms with E-state index in [0.717, 1.165) is 50.8 Å². The average Bonchev–Trinajstić information content (AvgIpc) is 3.48. The Labute approximate surface area is 225 Å². The minimum absolute atomic E-state index is 0.0109. The number of hydrogen-bond acceptors (Lipinski definition) is 8. The topological polar surface area (TPSA) is 97.3 Å². The lowest BCUT2D eigenvalue weighted by molar-refractivity contribution is -0.135. The molecule has 3 aliphatic heterocycles. The first-order chi connectivity index (χ1) is 17.9. The molecular weight excluding hydrogens is 558 g/mol. The number of fused-ring (bicyclic) bond motifs is 3. The smallest absolute Gasteiger partial charge is 0.312 e. The van der Waals surface area contributed by atoms with E-state index in [9.17, 15) is 14.4 Å². The van der Waals surface area contributed by atoms with Gasteiger partial charge in [-0.3, -0.25) is 19.7 Å². The van der Waals surface area contributed by atoms with Crippen molar-refractivity contribution in [3.8, 4) is 11.5 Å². The molecule has 0 saturated carbocycles. The van der Waals surface area contributed by atoms with Crippen LogP contribution in [0.4, 0.5) is 4.79 Å². The zero-order valence-corrected chi connectivity index (χ0v) is 21.7. The molecular formula is C27H20BrN3O5S. The van der Waals surface area contributed by atoms with E-state index in [2.05, 4.69) is 39.4 Å². The summed E-state index contributed by atoms with van der Waals surface area (Å²) in [4.78, 5) is 35.3. The van der Waals surface area contributed by atoms with Crippen LogP contribution in [0.5, 0.6) is 11.5 Å². The van der Waals surface area contributed by atoms with Crippen LogP contribution in [0, 0.1) is 0 Å². The highest BCUT2D eigenvalue weighted by atomic mass is 79.9. The molecule has 1 fully saturated rings. The van der Waals surface area contributed by atoms with Crippen LogP contribution in [0.1, 0.15) is 41.8 Å². The maximum atomic E-state index is 12.3. The van der Waals surface area contributed by atoms with E-state index in [-0.39, 0.29) is 12.5 Å². The highest BCUT2D eigenvalue weighted by Crippen LogP contribution is 2.48. The predicted octanol–water partition coefficient (Wildman–Crippen LogP) is 5.34. The van der Waals surface area contributed by atoms with Crippen LogP contribution in [-0.2, 0) is 9.59 Å². The van der Waals surface area contributed by atoms with Gasteiger partial charge in [0, 0.05) is 22.0 Å². The van der Waals surface area contributed by atoms with Crippen LogP contribution in [0.25, 0.3) is 0 Å². The molecule has 0 radical (unpaired) electrons. The standard InChI is InChI=1S/C27H20BrN3O5S/c28-17-8-11-22-19(12-17)21-13-20(15-4-2-1-3-5-15)30-31(21)26(36-22)16-6-9-18(10-7-16)35-24(32)14-23-25(33)29-27(34)37-23/h1-12,21,23,26H,13-14H2,(H,29,33,34)/t21-,23+,26+/m1/s1. The largest absolute Gasteiger partial charge is 0.464 e. The monoisotopic (exact) mass is 577 g/mol. The molecule has 6 rings (SSSR count). The molecule has 3 aromatic carbocycles. The van der Waals surface area contributed by atoms with E-state index >= 15 is 0 Å². The SMILES string of the molecule is O=C(C[C@@H]1SC(=O)NC1=O)Oc1ccc([C@@H]2Oc3ccc(Br)cc3[C@H]3CC(c4ccccc4)=NN32)cc1. The second-order valence-electron chi connectivity index (χ2n) is 8.80. The normalized spacial score (nSPS) is 22.0. The molecule has 3 heterocycles. The summed E-state index contributed by atoms with van der Waals surface area (Å²) in [6.45, 7) is 0. The zero-order chi connectivity index (χ0) is 25.5. The van der Waals surface area contributed by atoms with Crippen molar-refractivity contribution in [1.29, 1.82) is 0 Å². The first-order valence-corrected chi connectivity index (χ1v) is 13.3. The number of hydrogen-bond donors (Lipinski definition) is 1. The van der Waals surface area contributed by atoms with Crippen LogP contribution in [0.15, 0.2) is 82.4 Å². The number of hydrazone groups is 1. The number of amides is 2. The lowest BCUT2D eigenvalue weighted by atomic mass is 9.96. The maximum absolute atomic E-state index is 12.3. The van der Waals surface area contributed by atoms with Crippen LogP contribution < -0.4 is 14.8 Å². The molecule has 0 bridgehead atoms. The van der Waals surface area contributed by atoms with Gasteiger partial charge in [-0.25, -0.2) is 5.01 Å². The van der Waals surface area contributed by atoms with E-state index in [1.54, 1.807) is 12.1 Å². The molecule has 0 aromatic heterocycles. The third-order valence-corrected chi connectivity index (χ3v) is 7.85. The molecule has 0 spiro atoms. The maximum Gasteiger partial charge on any atom is 0.312 e. The number of carbonyl (C=O) groups excluding carboxylic acids is 3. The minimum Gasteiger partial charge on any atom is -0.464 e. The van der Waals surface area contributed by atoms with Crippen LogP contribution in [-0.4, -0.2) is 33.1 Å². The summed E-state index contributed by atoms with van der Waals surface area (Å²) >= 11 is 4.37. The van der Waals surface area contributed by atoms with Crippen molar-refractivity contribution >= 4 is 50.5 Å². The fourth-order valence-electron chi connectivity index (χ4n) is 4.64. The quantitative estimate of drug-likeness (QED) is 0.323. The molecule has 3 aliphatic rings. The Morgan fingerprint density at radius 2 is 1.89 bits per heavy atom. The Kier molecular flexibility index (Phi) is 6.21. The fourth-order valence-corrected chi connectivity index (χ4v) is 5.82. The molecule has 1 saturated heterocycles. The number of halogens is 1. The van der Waals surface area contributed by atoms with Crippen molar-refractivity contribution in [2.24, 2.45) is 5.10 Å². The van der Waals surface area contributed by atoms with Gasteiger partial charge < -0.3 is 9.47 Å². The lowest BCUT2D eigenvalue weighted by Crippen LogP contribution is -2.33. The van der Waals surface area contributed by atoms with Gasteiger partial charge in [0.2, 0.25) is 12.1 Å². The molecule has 0 unspecified atom stereocenters. The minimum atomic E-state index is -0.765. The van der Waals surface area contributed by atoms with Crippen molar-refractivity contribution in [3.05, 3.63) is 94.0 Å². The number of nitrogens with one attached hydrogen (secondary N) is 1. The Morgan fingerprint density at radius 1 is 1.11 bits per heavy atom. The second kappa shape index (κ2) is 9.68. The zero-order valence-electron chi connectivity index (χ0n) is 19.3. The molecule has 3 aromatic rings. The van der Waals surface area contributed by atoms with Gasteiger partial charge in [-0.15, -0.1) is 0 Å². The molecule has 0 aliphatic carbocycles. The fraction of sp³-hybridized carbons (Fsp3) is 0.185. The third kappa shape index (κ3) is 4.74. The van der Waals surface area contributed by atoms with Crippen molar-refractivity contribution in [1.82, 2.24) is 10.3 Å². The number of carbonyl (C=O) groups is 3. The van der Waals surface area contributed by atoms with E-state index in [0.29, 0.717) is 5.75 Å². The Bertz CT molecular complexity index is 1430. The molecule has 186 valence electrons. The summed E-state index contributed by atoms with van der Waals surface area (Å²) in [6, 6.07) is 23.2. The number of esters is 1. The number of rotatable bonds is 5. The first kappa shape index (κ1) is 23.7. The van der Waals surface area contributed by atoms with Crippen molar-refractivity contribution in [3.63, 3.8) is 0 Å². The Hall–Kier alpha value is -3.63. The van der Waals surface area contributed by atoms with Crippen molar-refractivity contribution in [2.75, 3.05) is 0 Å². The molecule has 1 N–H and O–H groups in total. The van der Waals surface area contributed by atoms with Gasteiger partial charge in [-0.05, 0) is 48.0 Å². The number of nitrogens with zero attached hydrogens (tertiary/aromatic N) is 2. The highest BCUT2D eigenvalue weighted by Gasteiger charge is 2.41. The average molecular weight is 578 g/mol. The van der Waals surface area contributed by atoms with E-state index in [1.807, 2.05) is 47.5 Å². The van der Waals surface area contributed by atoms with Gasteiger partial charge in [-0.1, -0.05) is 58.0 Å². The summed E-state index contributed by atoms with van der Waals surface area (Å²) in [5, 5.41) is 7.91. The van der Waals surface area contributed by atoms with E-state index < -0.39 is 28.6 Å². The predicted molar refractivity (Wildman–Crippen MR) is 141 cm³/mol. The van der Waals surface area contributed by atoms with Crippen LogP contribution in [0.3, 0.4) is 0 Å². The molecule has 37 heavy (non-hydrogen) atoms. The van der Waals surface area contributed by atoms with Gasteiger partial charge in [0.1, 0.15) is 16.7 Å². The van der Waals surface area contributed by atoms with Crippen LogP contribution in [0.2, 0.25) is 0 Å². The second-order valence-corrected chi connectivity index (χ2v) is 10.9. The summed E-state index contributed by atoms with van der Waals surface area (Å²) in [6.07, 6.45) is 0.0986. The van der Waals surface area contributed by atoms with Crippen LogP contribution >= 0.6 is 27.7 Å². The Morgan fingerprint density at radius 3 is 2.62 bits per heavy atom. The summed E-state index contributed by atoms with van der Waals surface area (Å²) < 4.78 is 12.8. The number of thioether (sulfide) groups is 1. The number of benzene rings is 3. The van der Waals surface area contributed by atoms with Gasteiger partial charge >= 0.3 is 5.97 Å². The first-order valence-electron chi connectivity index (χ1n) is 11.6. The number of imide groups is 1. The van der Waals surface area contributed by atoms with Crippen molar-refractivity contribution < 1.29 is 23.9 Å².